The number of nitrogens with one attached hydrogen (secondary N) is 1. The smallest absolute Gasteiger partial charge is 0.286 e. The van der Waals surface area contributed by atoms with Crippen LogP contribution in [-0.2, 0) is 13.2 Å². The minimum atomic E-state index is -0.226. The topological polar surface area (TPSA) is 69.3 Å². The van der Waals surface area contributed by atoms with Crippen molar-refractivity contribution in [2.24, 2.45) is 0 Å². The normalized spacial score (nSPS) is 11.1. The highest BCUT2D eigenvalue weighted by Crippen LogP contribution is 2.28. The monoisotopic (exact) mass is 459 g/mol. The van der Waals surface area contributed by atoms with Gasteiger partial charge in [0.2, 0.25) is 0 Å². The molecule has 2 aromatic heterocycles. The molecule has 3 rings (SSSR count). The van der Waals surface area contributed by atoms with Gasteiger partial charge in [-0.2, -0.15) is 5.10 Å². The Kier molecular flexibility index (Phi) is 7.14. The van der Waals surface area contributed by atoms with Crippen LogP contribution < -0.4 is 10.1 Å². The molecule has 0 bridgehead atoms. The van der Waals surface area contributed by atoms with Gasteiger partial charge in [0.1, 0.15) is 18.1 Å². The highest BCUT2D eigenvalue weighted by molar-refractivity contribution is 9.10. The number of benzene rings is 1. The first-order valence-electron chi connectivity index (χ1n) is 9.70. The van der Waals surface area contributed by atoms with Gasteiger partial charge in [0.15, 0.2) is 5.76 Å². The summed E-state index contributed by atoms with van der Waals surface area (Å²) in [5.74, 6) is 1.90. The first kappa shape index (κ1) is 21.2. The fraction of sp³-hybridized carbons (Fsp3) is 0.364. The van der Waals surface area contributed by atoms with Crippen LogP contribution in [0.3, 0.4) is 0 Å². The number of nitrogens with zero attached hydrogens (tertiary/aromatic N) is 2. The van der Waals surface area contributed by atoms with Crippen molar-refractivity contribution in [2.75, 3.05) is 6.54 Å². The van der Waals surface area contributed by atoms with Gasteiger partial charge in [0.05, 0.1) is 10.7 Å². The van der Waals surface area contributed by atoms with E-state index in [4.69, 9.17) is 9.15 Å². The zero-order valence-electron chi connectivity index (χ0n) is 16.9. The molecular formula is C22H26BrN3O3. The largest absolute Gasteiger partial charge is 0.485 e. The van der Waals surface area contributed by atoms with E-state index < -0.39 is 0 Å². The van der Waals surface area contributed by atoms with Gasteiger partial charge in [-0.25, -0.2) is 0 Å². The summed E-state index contributed by atoms with van der Waals surface area (Å²) in [5.41, 5.74) is 2.30. The van der Waals surface area contributed by atoms with Gasteiger partial charge in [-0.3, -0.25) is 9.48 Å². The predicted octanol–water partition coefficient (Wildman–Crippen LogP) is 5.07. The van der Waals surface area contributed by atoms with Crippen LogP contribution in [0.4, 0.5) is 0 Å². The van der Waals surface area contributed by atoms with Crippen molar-refractivity contribution < 1.29 is 13.9 Å². The minimum absolute atomic E-state index is 0.226. The SMILES string of the molecule is Cc1ccc(C(C)C)c(OCc2ccc(C(=O)NCCCn3cc(Br)cn3)o2)c1. The number of carbonyl (C=O) groups is 1. The molecule has 0 radical (unpaired) electrons. The maximum absolute atomic E-state index is 12.3. The average Bonchev–Trinajstić information content (AvgIpc) is 3.32. The molecule has 0 atom stereocenters. The summed E-state index contributed by atoms with van der Waals surface area (Å²) >= 11 is 3.36. The number of hydrogen-bond donors (Lipinski definition) is 1. The summed E-state index contributed by atoms with van der Waals surface area (Å²) in [6.07, 6.45) is 4.42. The fourth-order valence-corrected chi connectivity index (χ4v) is 3.29. The molecule has 6 nitrogen and oxygen atoms in total. The lowest BCUT2D eigenvalue weighted by Crippen LogP contribution is -2.24. The Morgan fingerprint density at radius 3 is 2.86 bits per heavy atom. The van der Waals surface area contributed by atoms with Gasteiger partial charge in [-0.15, -0.1) is 0 Å². The standard InChI is InChI=1S/C22H26BrN3O3/c1-15(2)19-7-5-16(3)11-21(19)28-14-18-6-8-20(29-18)22(27)24-9-4-10-26-13-17(23)12-25-26/h5-8,11-13,15H,4,9-10,14H2,1-3H3,(H,24,27). The second-order valence-corrected chi connectivity index (χ2v) is 8.20. The van der Waals surface area contributed by atoms with E-state index in [-0.39, 0.29) is 12.5 Å². The van der Waals surface area contributed by atoms with E-state index in [9.17, 15) is 4.79 Å². The van der Waals surface area contributed by atoms with Gasteiger partial charge in [-0.1, -0.05) is 26.0 Å². The van der Waals surface area contributed by atoms with Crippen molar-refractivity contribution >= 4 is 21.8 Å². The lowest BCUT2D eigenvalue weighted by Gasteiger charge is -2.14. The van der Waals surface area contributed by atoms with E-state index in [2.05, 4.69) is 52.3 Å². The predicted molar refractivity (Wildman–Crippen MR) is 115 cm³/mol. The Hall–Kier alpha value is -2.54. The van der Waals surface area contributed by atoms with Crippen LogP contribution in [0.1, 0.15) is 53.6 Å². The molecule has 29 heavy (non-hydrogen) atoms. The second kappa shape index (κ2) is 9.78. The maximum Gasteiger partial charge on any atom is 0.286 e. The number of ether oxygens (including phenoxy) is 1. The third-order valence-electron chi connectivity index (χ3n) is 4.50. The molecule has 7 heteroatoms. The van der Waals surface area contributed by atoms with E-state index in [0.29, 0.717) is 24.0 Å². The molecule has 1 aromatic carbocycles. The van der Waals surface area contributed by atoms with Crippen molar-refractivity contribution in [1.29, 1.82) is 0 Å². The molecule has 2 heterocycles. The number of hydrogen-bond acceptors (Lipinski definition) is 4. The van der Waals surface area contributed by atoms with E-state index in [1.165, 1.54) is 0 Å². The lowest BCUT2D eigenvalue weighted by molar-refractivity contribution is 0.0920. The van der Waals surface area contributed by atoms with Crippen molar-refractivity contribution in [1.82, 2.24) is 15.1 Å². The number of amides is 1. The third kappa shape index (κ3) is 5.97. The average molecular weight is 460 g/mol. The van der Waals surface area contributed by atoms with Gasteiger partial charge in [0.25, 0.3) is 5.91 Å². The molecular weight excluding hydrogens is 434 g/mol. The molecule has 0 saturated heterocycles. The van der Waals surface area contributed by atoms with Crippen LogP contribution in [0, 0.1) is 6.92 Å². The molecule has 0 saturated carbocycles. The first-order chi connectivity index (χ1) is 13.9. The van der Waals surface area contributed by atoms with E-state index in [1.54, 1.807) is 18.3 Å². The Morgan fingerprint density at radius 1 is 1.31 bits per heavy atom. The summed E-state index contributed by atoms with van der Waals surface area (Å²) in [7, 11) is 0. The number of rotatable bonds is 9. The van der Waals surface area contributed by atoms with Crippen LogP contribution in [0.25, 0.3) is 0 Å². The molecule has 0 spiro atoms. The van der Waals surface area contributed by atoms with E-state index >= 15 is 0 Å². The highest BCUT2D eigenvalue weighted by Gasteiger charge is 2.13. The van der Waals surface area contributed by atoms with Crippen molar-refractivity contribution in [3.63, 3.8) is 0 Å². The summed E-state index contributed by atoms with van der Waals surface area (Å²) < 4.78 is 14.4. The highest BCUT2D eigenvalue weighted by atomic mass is 79.9. The number of aryl methyl sites for hydroxylation is 2. The summed E-state index contributed by atoms with van der Waals surface area (Å²) in [5, 5.41) is 7.05. The Bertz CT molecular complexity index is 962. The van der Waals surface area contributed by atoms with Gasteiger partial charge < -0.3 is 14.5 Å². The Balaban J connectivity index is 1.49. The van der Waals surface area contributed by atoms with Crippen molar-refractivity contribution in [3.05, 3.63) is 69.8 Å². The van der Waals surface area contributed by atoms with Crippen LogP contribution in [0.5, 0.6) is 5.75 Å². The number of aromatic nitrogens is 2. The molecule has 1 N–H and O–H groups in total. The van der Waals surface area contributed by atoms with Crippen molar-refractivity contribution in [3.8, 4) is 5.75 Å². The fourth-order valence-electron chi connectivity index (χ4n) is 2.96. The Morgan fingerprint density at radius 2 is 2.14 bits per heavy atom. The molecule has 0 unspecified atom stereocenters. The molecule has 1 amide bonds. The van der Waals surface area contributed by atoms with Crippen LogP contribution in [0.15, 0.2) is 51.6 Å². The van der Waals surface area contributed by atoms with Gasteiger partial charge in [-0.05, 0) is 64.5 Å². The summed E-state index contributed by atoms with van der Waals surface area (Å²) in [6, 6.07) is 9.67. The van der Waals surface area contributed by atoms with Gasteiger partial charge in [0, 0.05) is 19.3 Å². The minimum Gasteiger partial charge on any atom is -0.485 e. The number of carbonyl (C=O) groups excluding carboxylic acids is 1. The quantitative estimate of drug-likeness (QED) is 0.453. The zero-order chi connectivity index (χ0) is 20.8. The van der Waals surface area contributed by atoms with E-state index in [1.807, 2.05) is 23.9 Å². The van der Waals surface area contributed by atoms with Crippen molar-refractivity contribution in [2.45, 2.75) is 46.3 Å². The zero-order valence-corrected chi connectivity index (χ0v) is 18.5. The first-order valence-corrected chi connectivity index (χ1v) is 10.5. The lowest BCUT2D eigenvalue weighted by atomic mass is 10.0. The number of furan rings is 1. The van der Waals surface area contributed by atoms with Gasteiger partial charge >= 0.3 is 0 Å². The second-order valence-electron chi connectivity index (χ2n) is 7.28. The molecule has 0 aliphatic heterocycles. The van der Waals surface area contributed by atoms with Crippen LogP contribution in [0.2, 0.25) is 0 Å². The molecule has 0 aliphatic rings. The molecule has 0 aliphatic carbocycles. The molecule has 154 valence electrons. The number of halogens is 1. The van der Waals surface area contributed by atoms with Crippen LogP contribution in [-0.4, -0.2) is 22.2 Å². The molecule has 3 aromatic rings. The summed E-state index contributed by atoms with van der Waals surface area (Å²) in [6.45, 7) is 7.87. The Labute approximate surface area is 179 Å². The third-order valence-corrected chi connectivity index (χ3v) is 4.91. The molecule has 0 fully saturated rings. The summed E-state index contributed by atoms with van der Waals surface area (Å²) in [4.78, 5) is 12.3. The van der Waals surface area contributed by atoms with E-state index in [0.717, 1.165) is 34.3 Å². The maximum atomic E-state index is 12.3. The van der Waals surface area contributed by atoms with Crippen LogP contribution >= 0.6 is 15.9 Å².